The molecule has 33 heavy (non-hydrogen) atoms. The summed E-state index contributed by atoms with van der Waals surface area (Å²) in [7, 11) is 0. The average molecular weight is 468 g/mol. The molecule has 1 aliphatic rings. The van der Waals surface area contributed by atoms with Gasteiger partial charge in [0.15, 0.2) is 5.82 Å². The van der Waals surface area contributed by atoms with E-state index in [1.165, 1.54) is 24.0 Å². The number of H-pyrrole nitrogens is 1. The Labute approximate surface area is 196 Å². The van der Waals surface area contributed by atoms with Gasteiger partial charge in [0, 0.05) is 41.8 Å². The molecule has 1 atom stereocenters. The Bertz CT molecular complexity index is 1170. The zero-order chi connectivity index (χ0) is 23.2. The van der Waals surface area contributed by atoms with Gasteiger partial charge >= 0.3 is 6.03 Å². The number of nitrogens with zero attached hydrogens (tertiary/aromatic N) is 3. The minimum Gasteiger partial charge on any atom is -0.377 e. The number of anilines is 3. The van der Waals surface area contributed by atoms with Crippen LogP contribution in [-0.2, 0) is 22.3 Å². The van der Waals surface area contributed by atoms with Crippen molar-refractivity contribution in [2.75, 3.05) is 41.5 Å². The molecule has 1 aromatic carbocycles. The van der Waals surface area contributed by atoms with Gasteiger partial charge in [0.25, 0.3) is 0 Å². The van der Waals surface area contributed by atoms with Crippen molar-refractivity contribution >= 4 is 35.0 Å². The maximum atomic E-state index is 12.2. The van der Waals surface area contributed by atoms with E-state index in [1.54, 1.807) is 18.2 Å². The molecule has 0 unspecified atom stereocenters. The van der Waals surface area contributed by atoms with Crippen LogP contribution in [0.3, 0.4) is 0 Å². The number of morpholine rings is 1. The third-order valence-electron chi connectivity index (χ3n) is 5.18. The SMILES string of the molecule is C[SH+]Cc1cc(N2CCOC[C@@H]2C)nc(-c2ccc(NC(=O)Nc3cc[nH]c(=O)c3)cc2)n1. The van der Waals surface area contributed by atoms with Crippen LogP contribution in [0.2, 0.25) is 0 Å². The normalized spacial score (nSPS) is 15.8. The molecule has 0 spiro atoms. The van der Waals surface area contributed by atoms with Crippen molar-refractivity contribution in [3.05, 3.63) is 64.7 Å². The number of hydrogen-bond acceptors (Lipinski definition) is 6. The van der Waals surface area contributed by atoms with Crippen molar-refractivity contribution in [3.63, 3.8) is 0 Å². The third-order valence-corrected chi connectivity index (χ3v) is 5.82. The Morgan fingerprint density at radius 3 is 2.70 bits per heavy atom. The van der Waals surface area contributed by atoms with E-state index < -0.39 is 6.03 Å². The standard InChI is InChI=1S/C23H26N6O3S/c1-15-13-32-10-9-29(15)20-11-19(14-33-2)25-22(28-20)16-3-5-17(6-4-16)26-23(31)27-18-7-8-24-21(30)12-18/h3-8,11-12,15H,9-10,13-14H2,1-2H3,(H3,24,26,27,30,31)/p+1/t15-/m0/s1. The van der Waals surface area contributed by atoms with Gasteiger partial charge in [0.1, 0.15) is 11.6 Å². The van der Waals surface area contributed by atoms with E-state index in [0.29, 0.717) is 30.4 Å². The van der Waals surface area contributed by atoms with Gasteiger partial charge in [0.05, 0.1) is 31.2 Å². The highest BCUT2D eigenvalue weighted by atomic mass is 32.2. The lowest BCUT2D eigenvalue weighted by Crippen LogP contribution is -2.44. The molecule has 1 aliphatic heterocycles. The second-order valence-corrected chi connectivity index (χ2v) is 8.68. The molecule has 3 heterocycles. The fourth-order valence-corrected chi connectivity index (χ4v) is 4.07. The predicted molar refractivity (Wildman–Crippen MR) is 133 cm³/mol. The van der Waals surface area contributed by atoms with E-state index in [-0.39, 0.29) is 11.6 Å². The van der Waals surface area contributed by atoms with Crippen LogP contribution in [0.15, 0.2) is 53.5 Å². The first-order valence-electron chi connectivity index (χ1n) is 10.7. The van der Waals surface area contributed by atoms with E-state index >= 15 is 0 Å². The summed E-state index contributed by atoms with van der Waals surface area (Å²) in [6.07, 6.45) is 3.58. The van der Waals surface area contributed by atoms with Crippen molar-refractivity contribution in [1.82, 2.24) is 15.0 Å². The van der Waals surface area contributed by atoms with Crippen LogP contribution >= 0.6 is 0 Å². The number of ether oxygens (including phenoxy) is 1. The van der Waals surface area contributed by atoms with Crippen molar-refractivity contribution in [1.29, 1.82) is 0 Å². The number of urea groups is 1. The molecule has 10 heteroatoms. The molecular formula is C23H27N6O3S+. The summed E-state index contributed by atoms with van der Waals surface area (Å²) < 4.78 is 5.57. The lowest BCUT2D eigenvalue weighted by atomic mass is 10.2. The molecule has 1 fully saturated rings. The summed E-state index contributed by atoms with van der Waals surface area (Å²) in [6, 6.07) is 12.2. The number of benzene rings is 1. The fourth-order valence-electron chi connectivity index (χ4n) is 3.59. The van der Waals surface area contributed by atoms with E-state index in [4.69, 9.17) is 14.7 Å². The second kappa shape index (κ2) is 10.5. The molecule has 4 rings (SSSR count). The minimum absolute atomic E-state index is 0.249. The summed E-state index contributed by atoms with van der Waals surface area (Å²) in [6.45, 7) is 4.30. The molecule has 0 bridgehead atoms. The van der Waals surface area contributed by atoms with Gasteiger partial charge in [-0.15, -0.1) is 0 Å². The molecule has 172 valence electrons. The zero-order valence-corrected chi connectivity index (χ0v) is 19.4. The quantitative estimate of drug-likeness (QED) is 0.380. The average Bonchev–Trinajstić information content (AvgIpc) is 2.80. The molecule has 3 N–H and O–H groups in total. The largest absolute Gasteiger partial charge is 0.377 e. The number of nitrogens with one attached hydrogen (secondary N) is 3. The number of pyridine rings is 1. The Kier molecular flexibility index (Phi) is 7.26. The summed E-state index contributed by atoms with van der Waals surface area (Å²) in [5, 5.41) is 5.40. The van der Waals surface area contributed by atoms with Crippen LogP contribution < -0.4 is 21.1 Å². The predicted octanol–water partition coefficient (Wildman–Crippen LogP) is 2.65. The van der Waals surface area contributed by atoms with Crippen molar-refractivity contribution in [2.45, 2.75) is 18.7 Å². The Morgan fingerprint density at radius 1 is 1.18 bits per heavy atom. The summed E-state index contributed by atoms with van der Waals surface area (Å²) >= 11 is 1.24. The molecule has 1 saturated heterocycles. The third kappa shape index (κ3) is 5.91. The lowest BCUT2D eigenvalue weighted by Gasteiger charge is -2.34. The molecule has 9 nitrogen and oxygen atoms in total. The minimum atomic E-state index is -0.433. The summed E-state index contributed by atoms with van der Waals surface area (Å²) in [4.78, 5) is 38.0. The maximum absolute atomic E-state index is 12.2. The highest BCUT2D eigenvalue weighted by molar-refractivity contribution is 7.76. The van der Waals surface area contributed by atoms with Gasteiger partial charge < -0.3 is 25.3 Å². The number of hydrogen-bond donors (Lipinski definition) is 3. The van der Waals surface area contributed by atoms with Gasteiger partial charge in [-0.1, -0.05) is 0 Å². The Hall–Kier alpha value is -3.37. The summed E-state index contributed by atoms with van der Waals surface area (Å²) in [5.41, 5.74) is 2.61. The number of rotatable bonds is 6. The fraction of sp³-hybridized carbons (Fsp3) is 0.304. The monoisotopic (exact) mass is 467 g/mol. The van der Waals surface area contributed by atoms with Gasteiger partial charge in [-0.05, 0) is 49.0 Å². The molecule has 0 saturated carbocycles. The van der Waals surface area contributed by atoms with Gasteiger partial charge in [-0.2, -0.15) is 0 Å². The van der Waals surface area contributed by atoms with Crippen LogP contribution in [0.4, 0.5) is 22.0 Å². The molecular weight excluding hydrogens is 440 g/mol. The molecule has 0 radical (unpaired) electrons. The first kappa shape index (κ1) is 22.8. The Morgan fingerprint density at radius 2 is 1.97 bits per heavy atom. The number of aromatic nitrogens is 3. The number of aromatic amines is 1. The zero-order valence-electron chi connectivity index (χ0n) is 18.5. The smallest absolute Gasteiger partial charge is 0.323 e. The van der Waals surface area contributed by atoms with Gasteiger partial charge in [-0.25, -0.2) is 14.8 Å². The molecule has 3 aromatic rings. The van der Waals surface area contributed by atoms with Crippen LogP contribution in [0.25, 0.3) is 11.4 Å². The van der Waals surface area contributed by atoms with Crippen molar-refractivity contribution < 1.29 is 9.53 Å². The topological polar surface area (TPSA) is 112 Å². The first-order valence-corrected chi connectivity index (χ1v) is 12.2. The number of thiol groups is 1. The highest BCUT2D eigenvalue weighted by Crippen LogP contribution is 2.24. The molecule has 0 aliphatic carbocycles. The van der Waals surface area contributed by atoms with Crippen LogP contribution in [-0.4, -0.2) is 53.0 Å². The van der Waals surface area contributed by atoms with Gasteiger partial charge in [0.2, 0.25) is 5.56 Å². The first-order chi connectivity index (χ1) is 16.0. The lowest BCUT2D eigenvalue weighted by molar-refractivity contribution is 0.0985. The number of amides is 2. The highest BCUT2D eigenvalue weighted by Gasteiger charge is 2.22. The van der Waals surface area contributed by atoms with Gasteiger partial charge in [-0.3, -0.25) is 4.79 Å². The number of carbonyl (C=O) groups is 1. The van der Waals surface area contributed by atoms with Crippen molar-refractivity contribution in [3.8, 4) is 11.4 Å². The molecule has 2 amide bonds. The van der Waals surface area contributed by atoms with Crippen LogP contribution in [0, 0.1) is 0 Å². The van der Waals surface area contributed by atoms with Crippen LogP contribution in [0.5, 0.6) is 0 Å². The number of carbonyl (C=O) groups excluding carboxylic acids is 1. The molecule has 2 aromatic heterocycles. The van der Waals surface area contributed by atoms with E-state index in [1.807, 2.05) is 12.1 Å². The van der Waals surface area contributed by atoms with Crippen LogP contribution in [0.1, 0.15) is 12.6 Å². The van der Waals surface area contributed by atoms with Crippen molar-refractivity contribution in [2.24, 2.45) is 0 Å². The summed E-state index contributed by atoms with van der Waals surface area (Å²) in [5.74, 6) is 2.42. The van der Waals surface area contributed by atoms with E-state index in [2.05, 4.69) is 39.8 Å². The maximum Gasteiger partial charge on any atom is 0.323 e. The van der Waals surface area contributed by atoms with E-state index in [0.717, 1.165) is 29.4 Å². The second-order valence-electron chi connectivity index (χ2n) is 7.73. The van der Waals surface area contributed by atoms with E-state index in [9.17, 15) is 9.59 Å². The Balaban J connectivity index is 1.51.